The highest BCUT2D eigenvalue weighted by atomic mass is 79.9. The largest absolute Gasteiger partial charge is 0.477 e. The molecule has 0 saturated carbocycles. The van der Waals surface area contributed by atoms with Crippen LogP contribution in [-0.4, -0.2) is 36.4 Å². The first-order valence-electron chi connectivity index (χ1n) is 4.58. The quantitative estimate of drug-likeness (QED) is 0.838. The number of carboxylic acids is 1. The summed E-state index contributed by atoms with van der Waals surface area (Å²) < 4.78 is 10.7. The molecule has 0 aromatic carbocycles. The standard InChI is InChI=1S/C10H12BrNO4/c1-6-5-7(11)9(16-4-3-15-2)12-8(6)10(13)14/h5H,3-4H2,1-2H3,(H,13,14). The van der Waals surface area contributed by atoms with Crippen LogP contribution in [0.3, 0.4) is 0 Å². The van der Waals surface area contributed by atoms with Crippen LogP contribution in [0, 0.1) is 6.92 Å². The van der Waals surface area contributed by atoms with E-state index in [2.05, 4.69) is 20.9 Å². The Morgan fingerprint density at radius 1 is 1.56 bits per heavy atom. The number of aromatic nitrogens is 1. The minimum absolute atomic E-state index is 0.00406. The highest BCUT2D eigenvalue weighted by Gasteiger charge is 2.13. The molecule has 88 valence electrons. The number of carboxylic acid groups (broad SMARTS) is 1. The Morgan fingerprint density at radius 2 is 2.25 bits per heavy atom. The van der Waals surface area contributed by atoms with E-state index in [9.17, 15) is 4.79 Å². The second-order valence-corrected chi connectivity index (χ2v) is 3.94. The highest BCUT2D eigenvalue weighted by Crippen LogP contribution is 2.25. The molecule has 0 aliphatic heterocycles. The molecule has 5 nitrogen and oxygen atoms in total. The zero-order valence-corrected chi connectivity index (χ0v) is 10.6. The van der Waals surface area contributed by atoms with Gasteiger partial charge in [-0.1, -0.05) is 0 Å². The number of carbonyl (C=O) groups is 1. The predicted octanol–water partition coefficient (Wildman–Crippen LogP) is 1.88. The van der Waals surface area contributed by atoms with Gasteiger partial charge in [0, 0.05) is 7.11 Å². The Labute approximate surface area is 102 Å². The van der Waals surface area contributed by atoms with Crippen molar-refractivity contribution in [3.05, 3.63) is 21.8 Å². The van der Waals surface area contributed by atoms with Gasteiger partial charge in [0.1, 0.15) is 6.61 Å². The van der Waals surface area contributed by atoms with Crippen molar-refractivity contribution in [3.63, 3.8) is 0 Å². The maximum absolute atomic E-state index is 10.9. The molecule has 0 atom stereocenters. The van der Waals surface area contributed by atoms with Crippen molar-refractivity contribution in [1.82, 2.24) is 4.98 Å². The van der Waals surface area contributed by atoms with Crippen molar-refractivity contribution in [1.29, 1.82) is 0 Å². The van der Waals surface area contributed by atoms with Crippen LogP contribution in [0.5, 0.6) is 5.88 Å². The smallest absolute Gasteiger partial charge is 0.354 e. The molecule has 0 radical (unpaired) electrons. The molecule has 1 rings (SSSR count). The topological polar surface area (TPSA) is 68.7 Å². The summed E-state index contributed by atoms with van der Waals surface area (Å²) in [6.07, 6.45) is 0. The van der Waals surface area contributed by atoms with Crippen LogP contribution in [0.15, 0.2) is 10.5 Å². The van der Waals surface area contributed by atoms with Crippen molar-refractivity contribution < 1.29 is 19.4 Å². The third kappa shape index (κ3) is 3.18. The van der Waals surface area contributed by atoms with Crippen LogP contribution in [0.2, 0.25) is 0 Å². The Hall–Kier alpha value is -1.14. The maximum atomic E-state index is 10.9. The summed E-state index contributed by atoms with van der Waals surface area (Å²) in [5, 5.41) is 8.89. The SMILES string of the molecule is COCCOc1nc(C(=O)O)c(C)cc1Br. The summed E-state index contributed by atoms with van der Waals surface area (Å²) in [7, 11) is 1.56. The summed E-state index contributed by atoms with van der Waals surface area (Å²) in [5.41, 5.74) is 0.578. The minimum Gasteiger partial charge on any atom is -0.477 e. The lowest BCUT2D eigenvalue weighted by Crippen LogP contribution is -2.09. The molecule has 0 unspecified atom stereocenters. The Balaban J connectivity index is 2.91. The summed E-state index contributed by atoms with van der Waals surface area (Å²) in [6, 6.07) is 1.67. The van der Waals surface area contributed by atoms with E-state index in [1.807, 2.05) is 0 Å². The lowest BCUT2D eigenvalue weighted by Gasteiger charge is -2.09. The second-order valence-electron chi connectivity index (χ2n) is 3.09. The Bertz CT molecular complexity index is 395. The first-order chi connectivity index (χ1) is 7.56. The van der Waals surface area contributed by atoms with Gasteiger partial charge in [-0.05, 0) is 34.5 Å². The molecule has 1 N–H and O–H groups in total. The molecule has 1 heterocycles. The molecule has 16 heavy (non-hydrogen) atoms. The molecule has 6 heteroatoms. The van der Waals surface area contributed by atoms with Gasteiger partial charge in [0.05, 0.1) is 11.1 Å². The van der Waals surface area contributed by atoms with Crippen LogP contribution in [0.1, 0.15) is 16.1 Å². The average molecular weight is 290 g/mol. The molecular weight excluding hydrogens is 278 g/mol. The fourth-order valence-corrected chi connectivity index (χ4v) is 1.65. The lowest BCUT2D eigenvalue weighted by molar-refractivity contribution is 0.0687. The normalized spacial score (nSPS) is 10.2. The second kappa shape index (κ2) is 5.81. The van der Waals surface area contributed by atoms with E-state index in [0.717, 1.165) is 0 Å². The summed E-state index contributed by atoms with van der Waals surface area (Å²) in [6.45, 7) is 2.43. The molecule has 0 spiro atoms. The summed E-state index contributed by atoms with van der Waals surface area (Å²) >= 11 is 3.26. The van der Waals surface area contributed by atoms with Gasteiger partial charge in [-0.15, -0.1) is 0 Å². The van der Waals surface area contributed by atoms with Crippen LogP contribution in [0.4, 0.5) is 0 Å². The van der Waals surface area contributed by atoms with Crippen LogP contribution in [-0.2, 0) is 4.74 Å². The lowest BCUT2D eigenvalue weighted by atomic mass is 10.2. The number of halogens is 1. The van der Waals surface area contributed by atoms with E-state index < -0.39 is 5.97 Å². The molecule has 0 fully saturated rings. The molecule has 0 saturated heterocycles. The van der Waals surface area contributed by atoms with Crippen molar-refractivity contribution in [2.45, 2.75) is 6.92 Å². The third-order valence-electron chi connectivity index (χ3n) is 1.86. The summed E-state index contributed by atoms with van der Waals surface area (Å²) in [5.74, 6) is -0.804. The molecule has 1 aromatic heterocycles. The van der Waals surface area contributed by atoms with E-state index in [1.54, 1.807) is 20.1 Å². The van der Waals surface area contributed by atoms with Crippen molar-refractivity contribution in [3.8, 4) is 5.88 Å². The van der Waals surface area contributed by atoms with Crippen LogP contribution < -0.4 is 4.74 Å². The van der Waals surface area contributed by atoms with Gasteiger partial charge in [0.15, 0.2) is 5.69 Å². The number of aryl methyl sites for hydroxylation is 1. The molecule has 1 aromatic rings. The van der Waals surface area contributed by atoms with Gasteiger partial charge in [0.2, 0.25) is 5.88 Å². The number of hydrogen-bond acceptors (Lipinski definition) is 4. The maximum Gasteiger partial charge on any atom is 0.354 e. The number of methoxy groups -OCH3 is 1. The van der Waals surface area contributed by atoms with Crippen LogP contribution >= 0.6 is 15.9 Å². The average Bonchev–Trinajstić information content (AvgIpc) is 2.21. The number of nitrogens with zero attached hydrogens (tertiary/aromatic N) is 1. The Kier molecular flexibility index (Phi) is 4.70. The minimum atomic E-state index is -1.07. The van der Waals surface area contributed by atoms with Gasteiger partial charge in [-0.25, -0.2) is 9.78 Å². The van der Waals surface area contributed by atoms with E-state index in [-0.39, 0.29) is 11.6 Å². The van der Waals surface area contributed by atoms with Crippen LogP contribution in [0.25, 0.3) is 0 Å². The van der Waals surface area contributed by atoms with E-state index in [4.69, 9.17) is 14.6 Å². The first kappa shape index (κ1) is 12.9. The Morgan fingerprint density at radius 3 is 2.81 bits per heavy atom. The third-order valence-corrected chi connectivity index (χ3v) is 2.43. The van der Waals surface area contributed by atoms with E-state index in [1.165, 1.54) is 0 Å². The number of ether oxygens (including phenoxy) is 2. The van der Waals surface area contributed by atoms with Gasteiger partial charge in [-0.2, -0.15) is 0 Å². The number of pyridine rings is 1. The van der Waals surface area contributed by atoms with Crippen molar-refractivity contribution in [2.75, 3.05) is 20.3 Å². The molecular formula is C10H12BrNO4. The van der Waals surface area contributed by atoms with Crippen molar-refractivity contribution >= 4 is 21.9 Å². The zero-order valence-electron chi connectivity index (χ0n) is 8.99. The summed E-state index contributed by atoms with van der Waals surface area (Å²) in [4.78, 5) is 14.8. The highest BCUT2D eigenvalue weighted by molar-refractivity contribution is 9.10. The fourth-order valence-electron chi connectivity index (χ4n) is 1.10. The molecule has 0 bridgehead atoms. The van der Waals surface area contributed by atoms with Gasteiger partial charge < -0.3 is 14.6 Å². The number of hydrogen-bond donors (Lipinski definition) is 1. The number of aromatic carboxylic acids is 1. The first-order valence-corrected chi connectivity index (χ1v) is 5.37. The van der Waals surface area contributed by atoms with Crippen molar-refractivity contribution in [2.24, 2.45) is 0 Å². The van der Waals surface area contributed by atoms with Gasteiger partial charge >= 0.3 is 5.97 Å². The van der Waals surface area contributed by atoms with Gasteiger partial charge in [-0.3, -0.25) is 0 Å². The zero-order chi connectivity index (χ0) is 12.1. The fraction of sp³-hybridized carbons (Fsp3) is 0.400. The van der Waals surface area contributed by atoms with E-state index >= 15 is 0 Å². The molecule has 0 aliphatic rings. The predicted molar refractivity (Wildman–Crippen MR) is 61.0 cm³/mol. The molecule has 0 amide bonds. The molecule has 0 aliphatic carbocycles. The monoisotopic (exact) mass is 289 g/mol. The van der Waals surface area contributed by atoms with E-state index in [0.29, 0.717) is 23.2 Å². The number of rotatable bonds is 5. The van der Waals surface area contributed by atoms with Gasteiger partial charge in [0.25, 0.3) is 0 Å².